The third kappa shape index (κ3) is 2.97. The van der Waals surface area contributed by atoms with Gasteiger partial charge in [-0.3, -0.25) is 0 Å². The Morgan fingerprint density at radius 3 is 2.50 bits per heavy atom. The van der Waals surface area contributed by atoms with Gasteiger partial charge in [-0.25, -0.2) is 0 Å². The molecule has 0 bridgehead atoms. The summed E-state index contributed by atoms with van der Waals surface area (Å²) in [5.74, 6) is 0.277. The Balaban J connectivity index is 2.92. The van der Waals surface area contributed by atoms with E-state index < -0.39 is 5.60 Å². The first-order valence-corrected chi connectivity index (χ1v) is 5.50. The van der Waals surface area contributed by atoms with Crippen LogP contribution in [0, 0.1) is 5.92 Å². The molecule has 0 spiro atoms. The van der Waals surface area contributed by atoms with Crippen molar-refractivity contribution in [2.24, 2.45) is 5.92 Å². The molecule has 1 rings (SSSR count). The van der Waals surface area contributed by atoms with Gasteiger partial charge in [0.2, 0.25) is 0 Å². The molecule has 0 aliphatic rings. The van der Waals surface area contributed by atoms with Crippen LogP contribution in [-0.2, 0) is 5.60 Å². The summed E-state index contributed by atoms with van der Waals surface area (Å²) in [5, 5.41) is 19.9. The molecule has 90 valence electrons. The lowest BCUT2D eigenvalue weighted by Gasteiger charge is -2.32. The van der Waals surface area contributed by atoms with Gasteiger partial charge in [-0.2, -0.15) is 0 Å². The Bertz CT molecular complexity index is 348. The Labute approximate surface area is 97.3 Å². The second-order valence-corrected chi connectivity index (χ2v) is 4.86. The zero-order chi connectivity index (χ0) is 12.3. The topological polar surface area (TPSA) is 43.7 Å². The molecule has 0 amide bonds. The molecule has 1 aromatic carbocycles. The lowest BCUT2D eigenvalue weighted by Crippen LogP contribution is -2.36. The van der Waals surface area contributed by atoms with Gasteiger partial charge in [0.1, 0.15) is 5.75 Å². The molecule has 3 nitrogen and oxygen atoms in total. The summed E-state index contributed by atoms with van der Waals surface area (Å²) < 4.78 is 0. The van der Waals surface area contributed by atoms with Crippen LogP contribution >= 0.6 is 0 Å². The molecule has 3 heteroatoms. The van der Waals surface area contributed by atoms with E-state index in [2.05, 4.69) is 0 Å². The lowest BCUT2D eigenvalue weighted by molar-refractivity contribution is -0.00793. The van der Waals surface area contributed by atoms with Crippen LogP contribution in [0.3, 0.4) is 0 Å². The molecule has 0 saturated heterocycles. The van der Waals surface area contributed by atoms with Crippen molar-refractivity contribution < 1.29 is 10.2 Å². The van der Waals surface area contributed by atoms with E-state index in [4.69, 9.17) is 0 Å². The number of rotatable bonds is 4. The van der Waals surface area contributed by atoms with Crippen LogP contribution in [0.1, 0.15) is 19.4 Å². The summed E-state index contributed by atoms with van der Waals surface area (Å²) in [6, 6.07) is 6.82. The summed E-state index contributed by atoms with van der Waals surface area (Å²) in [7, 11) is 3.96. The van der Waals surface area contributed by atoms with Gasteiger partial charge in [0.15, 0.2) is 0 Å². The van der Waals surface area contributed by atoms with Crippen molar-refractivity contribution in [2.45, 2.75) is 19.4 Å². The van der Waals surface area contributed by atoms with Crippen molar-refractivity contribution >= 4 is 0 Å². The zero-order valence-corrected chi connectivity index (χ0v) is 10.4. The van der Waals surface area contributed by atoms with E-state index in [1.165, 1.54) is 0 Å². The summed E-state index contributed by atoms with van der Waals surface area (Å²) in [6.07, 6.45) is 0. The predicted molar refractivity (Wildman–Crippen MR) is 65.4 cm³/mol. The Morgan fingerprint density at radius 2 is 2.00 bits per heavy atom. The Morgan fingerprint density at radius 1 is 1.38 bits per heavy atom. The molecule has 0 heterocycles. The van der Waals surface area contributed by atoms with Crippen LogP contribution < -0.4 is 0 Å². The molecule has 1 aromatic rings. The second-order valence-electron chi connectivity index (χ2n) is 4.86. The van der Waals surface area contributed by atoms with Crippen molar-refractivity contribution in [2.75, 3.05) is 20.6 Å². The SMILES string of the molecule is C[C@@H](CN(C)C)[C@](C)(O)c1cccc(O)c1. The third-order valence-corrected chi connectivity index (χ3v) is 3.03. The number of nitrogens with zero attached hydrogens (tertiary/aromatic N) is 1. The van der Waals surface area contributed by atoms with Gasteiger partial charge in [0.25, 0.3) is 0 Å². The highest BCUT2D eigenvalue weighted by atomic mass is 16.3. The maximum atomic E-state index is 10.5. The van der Waals surface area contributed by atoms with E-state index in [9.17, 15) is 10.2 Å². The van der Waals surface area contributed by atoms with E-state index in [0.29, 0.717) is 0 Å². The predicted octanol–water partition coefficient (Wildman–Crippen LogP) is 1.80. The fourth-order valence-corrected chi connectivity index (χ4v) is 1.83. The zero-order valence-electron chi connectivity index (χ0n) is 10.4. The average molecular weight is 223 g/mol. The van der Waals surface area contributed by atoms with Crippen LogP contribution in [0.5, 0.6) is 5.75 Å². The number of aliphatic hydroxyl groups is 1. The van der Waals surface area contributed by atoms with Crippen LogP contribution in [0.2, 0.25) is 0 Å². The molecule has 2 N–H and O–H groups in total. The first-order valence-electron chi connectivity index (χ1n) is 5.50. The minimum absolute atomic E-state index is 0.0873. The summed E-state index contributed by atoms with van der Waals surface area (Å²) in [5.41, 5.74) is -0.176. The summed E-state index contributed by atoms with van der Waals surface area (Å²) in [4.78, 5) is 2.04. The van der Waals surface area contributed by atoms with Gasteiger partial charge in [-0.1, -0.05) is 19.1 Å². The largest absolute Gasteiger partial charge is 0.508 e. The minimum atomic E-state index is -0.928. The molecule has 0 aromatic heterocycles. The minimum Gasteiger partial charge on any atom is -0.508 e. The van der Waals surface area contributed by atoms with Crippen LogP contribution in [0.4, 0.5) is 0 Å². The van der Waals surface area contributed by atoms with E-state index >= 15 is 0 Å². The first-order chi connectivity index (χ1) is 7.34. The smallest absolute Gasteiger partial charge is 0.115 e. The van der Waals surface area contributed by atoms with E-state index in [-0.39, 0.29) is 11.7 Å². The van der Waals surface area contributed by atoms with Crippen molar-refractivity contribution in [3.05, 3.63) is 29.8 Å². The summed E-state index contributed by atoms with van der Waals surface area (Å²) in [6.45, 7) is 4.59. The highest BCUT2D eigenvalue weighted by Crippen LogP contribution is 2.31. The van der Waals surface area contributed by atoms with Gasteiger partial charge in [0.05, 0.1) is 5.60 Å². The molecule has 0 saturated carbocycles. The molecular weight excluding hydrogens is 202 g/mol. The van der Waals surface area contributed by atoms with Crippen molar-refractivity contribution in [1.29, 1.82) is 0 Å². The van der Waals surface area contributed by atoms with E-state index in [1.807, 2.05) is 32.0 Å². The third-order valence-electron chi connectivity index (χ3n) is 3.03. The van der Waals surface area contributed by atoms with Gasteiger partial charge in [0, 0.05) is 12.5 Å². The number of hydrogen-bond acceptors (Lipinski definition) is 3. The second kappa shape index (κ2) is 4.85. The van der Waals surface area contributed by atoms with E-state index in [0.717, 1.165) is 12.1 Å². The Kier molecular flexibility index (Phi) is 3.94. The lowest BCUT2D eigenvalue weighted by atomic mass is 9.83. The molecule has 2 atom stereocenters. The number of hydrogen-bond donors (Lipinski definition) is 2. The quantitative estimate of drug-likeness (QED) is 0.818. The Hall–Kier alpha value is -1.06. The van der Waals surface area contributed by atoms with Crippen LogP contribution in [-0.4, -0.2) is 35.8 Å². The van der Waals surface area contributed by atoms with Crippen LogP contribution in [0.15, 0.2) is 24.3 Å². The van der Waals surface area contributed by atoms with Gasteiger partial charge in [-0.05, 0) is 38.7 Å². The molecule has 0 aliphatic carbocycles. The fourth-order valence-electron chi connectivity index (χ4n) is 1.83. The highest BCUT2D eigenvalue weighted by Gasteiger charge is 2.30. The van der Waals surface area contributed by atoms with Crippen LogP contribution in [0.25, 0.3) is 0 Å². The van der Waals surface area contributed by atoms with Crippen molar-refractivity contribution in [1.82, 2.24) is 4.90 Å². The van der Waals surface area contributed by atoms with Crippen molar-refractivity contribution in [3.8, 4) is 5.75 Å². The maximum Gasteiger partial charge on any atom is 0.115 e. The first kappa shape index (κ1) is 13.0. The molecule has 16 heavy (non-hydrogen) atoms. The van der Waals surface area contributed by atoms with Gasteiger partial charge >= 0.3 is 0 Å². The van der Waals surface area contributed by atoms with Crippen molar-refractivity contribution in [3.63, 3.8) is 0 Å². The molecule has 0 fully saturated rings. The van der Waals surface area contributed by atoms with Gasteiger partial charge < -0.3 is 15.1 Å². The molecule has 0 aliphatic heterocycles. The molecule has 0 radical (unpaired) electrons. The maximum absolute atomic E-state index is 10.5. The number of phenols is 1. The average Bonchev–Trinajstić information content (AvgIpc) is 2.16. The fraction of sp³-hybridized carbons (Fsp3) is 0.538. The number of aromatic hydroxyl groups is 1. The number of benzene rings is 1. The number of phenolic OH excluding ortho intramolecular Hbond substituents is 1. The monoisotopic (exact) mass is 223 g/mol. The summed E-state index contributed by atoms with van der Waals surface area (Å²) >= 11 is 0. The molecular formula is C13H21NO2. The van der Waals surface area contributed by atoms with E-state index in [1.54, 1.807) is 25.1 Å². The molecule has 0 unspecified atom stereocenters. The standard InChI is InChI=1S/C13H21NO2/c1-10(9-14(3)4)13(2,16)11-6-5-7-12(15)8-11/h5-8,10,15-16H,9H2,1-4H3/t10-,13-/m0/s1. The van der Waals surface area contributed by atoms with Gasteiger partial charge in [-0.15, -0.1) is 0 Å². The normalized spacial score (nSPS) is 17.1. The highest BCUT2D eigenvalue weighted by molar-refractivity contribution is 5.31.